The molecule has 0 N–H and O–H groups in total. The second kappa shape index (κ2) is 6.62. The second-order valence-corrected chi connectivity index (χ2v) is 6.94. The van der Waals surface area contributed by atoms with Gasteiger partial charge in [0.15, 0.2) is 5.82 Å². The van der Waals surface area contributed by atoms with Crippen molar-refractivity contribution in [2.24, 2.45) is 0 Å². The fourth-order valence-electron chi connectivity index (χ4n) is 3.41. The van der Waals surface area contributed by atoms with Gasteiger partial charge in [-0.2, -0.15) is 0 Å². The number of anilines is 1. The van der Waals surface area contributed by atoms with Crippen molar-refractivity contribution in [3.05, 3.63) is 53.6 Å². The van der Waals surface area contributed by atoms with E-state index < -0.39 is 0 Å². The molecule has 0 spiro atoms. The maximum atomic E-state index is 6.38. The summed E-state index contributed by atoms with van der Waals surface area (Å²) in [6, 6.07) is 15.8. The van der Waals surface area contributed by atoms with Crippen molar-refractivity contribution in [2.45, 2.75) is 26.1 Å². The van der Waals surface area contributed by atoms with Crippen molar-refractivity contribution < 1.29 is 4.74 Å². The van der Waals surface area contributed by atoms with Gasteiger partial charge >= 0.3 is 0 Å². The van der Waals surface area contributed by atoms with Crippen LogP contribution in [0.3, 0.4) is 0 Å². The van der Waals surface area contributed by atoms with Crippen LogP contribution in [-0.2, 0) is 4.74 Å². The van der Waals surface area contributed by atoms with Gasteiger partial charge in [-0.1, -0.05) is 35.9 Å². The second-order valence-electron chi connectivity index (χ2n) is 6.53. The van der Waals surface area contributed by atoms with E-state index in [0.717, 1.165) is 35.4 Å². The van der Waals surface area contributed by atoms with E-state index in [9.17, 15) is 0 Å². The number of fused-ring (bicyclic) bond motifs is 1. The topological polar surface area (TPSA) is 38.2 Å². The van der Waals surface area contributed by atoms with Gasteiger partial charge < -0.3 is 9.64 Å². The summed E-state index contributed by atoms with van der Waals surface area (Å²) in [7, 11) is 0. The Labute approximate surface area is 152 Å². The number of rotatable bonds is 2. The number of hydrogen-bond acceptors (Lipinski definition) is 4. The maximum absolute atomic E-state index is 6.38. The molecule has 0 saturated carbocycles. The first-order valence-corrected chi connectivity index (χ1v) is 8.91. The van der Waals surface area contributed by atoms with Gasteiger partial charge in [0.25, 0.3) is 0 Å². The average Bonchev–Trinajstić information content (AvgIpc) is 2.60. The molecule has 25 heavy (non-hydrogen) atoms. The summed E-state index contributed by atoms with van der Waals surface area (Å²) in [5.41, 5.74) is 1.78. The summed E-state index contributed by atoms with van der Waals surface area (Å²) in [4.78, 5) is 11.9. The molecule has 4 rings (SSSR count). The Morgan fingerprint density at radius 1 is 0.960 bits per heavy atom. The van der Waals surface area contributed by atoms with E-state index in [2.05, 4.69) is 24.8 Å². The van der Waals surface area contributed by atoms with Crippen LogP contribution in [0.4, 0.5) is 5.82 Å². The van der Waals surface area contributed by atoms with Crippen LogP contribution in [0.15, 0.2) is 48.5 Å². The SMILES string of the molecule is CC1CN(c2nc(-c3ccccc3Cl)nc3ccccc23)CC(C)O1. The van der Waals surface area contributed by atoms with Gasteiger partial charge in [-0.05, 0) is 38.1 Å². The molecule has 0 amide bonds. The van der Waals surface area contributed by atoms with Crippen LogP contribution in [0.25, 0.3) is 22.3 Å². The molecule has 0 radical (unpaired) electrons. The highest BCUT2D eigenvalue weighted by Gasteiger charge is 2.25. The van der Waals surface area contributed by atoms with Crippen LogP contribution < -0.4 is 4.90 Å². The average molecular weight is 354 g/mol. The van der Waals surface area contributed by atoms with E-state index in [4.69, 9.17) is 26.3 Å². The first kappa shape index (κ1) is 16.3. The van der Waals surface area contributed by atoms with Crippen molar-refractivity contribution in [2.75, 3.05) is 18.0 Å². The van der Waals surface area contributed by atoms with Crippen molar-refractivity contribution in [3.63, 3.8) is 0 Å². The van der Waals surface area contributed by atoms with Crippen LogP contribution >= 0.6 is 11.6 Å². The minimum atomic E-state index is 0.168. The fourth-order valence-corrected chi connectivity index (χ4v) is 3.63. The van der Waals surface area contributed by atoms with E-state index in [1.807, 2.05) is 42.5 Å². The zero-order chi connectivity index (χ0) is 17.4. The molecule has 5 heteroatoms. The molecular formula is C20H20ClN3O. The van der Waals surface area contributed by atoms with Crippen LogP contribution in [0.2, 0.25) is 5.02 Å². The third kappa shape index (κ3) is 3.20. The van der Waals surface area contributed by atoms with E-state index in [1.165, 1.54) is 0 Å². The first-order chi connectivity index (χ1) is 12.1. The number of nitrogens with zero attached hydrogens (tertiary/aromatic N) is 3. The summed E-state index contributed by atoms with van der Waals surface area (Å²) in [5, 5.41) is 1.71. The highest BCUT2D eigenvalue weighted by Crippen LogP contribution is 2.31. The lowest BCUT2D eigenvalue weighted by Gasteiger charge is -2.36. The zero-order valence-corrected chi connectivity index (χ0v) is 15.1. The number of ether oxygens (including phenoxy) is 1. The van der Waals surface area contributed by atoms with Gasteiger partial charge in [-0.25, -0.2) is 9.97 Å². The Bertz CT molecular complexity index is 904. The number of hydrogen-bond donors (Lipinski definition) is 0. The molecule has 0 bridgehead atoms. The van der Waals surface area contributed by atoms with Crippen LogP contribution in [0.1, 0.15) is 13.8 Å². The number of morpholine rings is 1. The number of halogens is 1. The predicted molar refractivity (Wildman–Crippen MR) is 102 cm³/mol. The fraction of sp³-hybridized carbons (Fsp3) is 0.300. The number of benzene rings is 2. The molecule has 4 nitrogen and oxygen atoms in total. The first-order valence-electron chi connectivity index (χ1n) is 8.54. The van der Waals surface area contributed by atoms with Crippen molar-refractivity contribution in [3.8, 4) is 11.4 Å². The number of aromatic nitrogens is 2. The molecule has 1 fully saturated rings. The quantitative estimate of drug-likeness (QED) is 0.676. The molecule has 128 valence electrons. The highest BCUT2D eigenvalue weighted by atomic mass is 35.5. The van der Waals surface area contributed by atoms with Crippen molar-refractivity contribution in [1.29, 1.82) is 0 Å². The zero-order valence-electron chi connectivity index (χ0n) is 14.3. The molecule has 1 aliphatic rings. The normalized spacial score (nSPS) is 20.8. The molecule has 0 aliphatic carbocycles. The van der Waals surface area contributed by atoms with Gasteiger partial charge in [0.2, 0.25) is 0 Å². The van der Waals surface area contributed by atoms with Crippen LogP contribution in [0, 0.1) is 0 Å². The summed E-state index contributed by atoms with van der Waals surface area (Å²) < 4.78 is 5.88. The van der Waals surface area contributed by atoms with E-state index in [1.54, 1.807) is 0 Å². The summed E-state index contributed by atoms with van der Waals surface area (Å²) in [6.45, 7) is 5.82. The highest BCUT2D eigenvalue weighted by molar-refractivity contribution is 6.33. The lowest BCUT2D eigenvalue weighted by atomic mass is 10.1. The largest absolute Gasteiger partial charge is 0.372 e. The Morgan fingerprint density at radius 3 is 2.40 bits per heavy atom. The summed E-state index contributed by atoms with van der Waals surface area (Å²) in [6.07, 6.45) is 0.336. The minimum Gasteiger partial charge on any atom is -0.372 e. The monoisotopic (exact) mass is 353 g/mol. The molecule has 2 unspecified atom stereocenters. The van der Waals surface area contributed by atoms with Gasteiger partial charge in [-0.15, -0.1) is 0 Å². The van der Waals surface area contributed by atoms with E-state index in [0.29, 0.717) is 10.8 Å². The smallest absolute Gasteiger partial charge is 0.163 e. The minimum absolute atomic E-state index is 0.168. The van der Waals surface area contributed by atoms with Crippen molar-refractivity contribution in [1.82, 2.24) is 9.97 Å². The van der Waals surface area contributed by atoms with Gasteiger partial charge in [0, 0.05) is 24.0 Å². The Morgan fingerprint density at radius 2 is 1.64 bits per heavy atom. The standard InChI is InChI=1S/C20H20ClN3O/c1-13-11-24(12-14(2)25-13)20-16-8-4-6-10-18(16)22-19(23-20)15-7-3-5-9-17(15)21/h3-10,13-14H,11-12H2,1-2H3. The predicted octanol–water partition coefficient (Wildman–Crippen LogP) is 4.56. The summed E-state index contributed by atoms with van der Waals surface area (Å²) >= 11 is 6.38. The van der Waals surface area contributed by atoms with Crippen LogP contribution in [0.5, 0.6) is 0 Å². The van der Waals surface area contributed by atoms with E-state index >= 15 is 0 Å². The Balaban J connectivity index is 1.89. The molecular weight excluding hydrogens is 334 g/mol. The molecule has 2 heterocycles. The van der Waals surface area contributed by atoms with E-state index in [-0.39, 0.29) is 12.2 Å². The third-order valence-electron chi connectivity index (χ3n) is 4.42. The molecule has 2 aromatic carbocycles. The Kier molecular flexibility index (Phi) is 4.32. The lowest BCUT2D eigenvalue weighted by Crippen LogP contribution is -2.46. The van der Waals surface area contributed by atoms with Gasteiger partial charge in [0.1, 0.15) is 5.82 Å². The number of para-hydroxylation sites is 1. The third-order valence-corrected chi connectivity index (χ3v) is 4.75. The van der Waals surface area contributed by atoms with Crippen molar-refractivity contribution >= 4 is 28.3 Å². The Hall–Kier alpha value is -2.17. The maximum Gasteiger partial charge on any atom is 0.163 e. The molecule has 1 saturated heterocycles. The molecule has 3 aromatic rings. The molecule has 1 aromatic heterocycles. The summed E-state index contributed by atoms with van der Waals surface area (Å²) in [5.74, 6) is 1.61. The molecule has 1 aliphatic heterocycles. The molecule has 2 atom stereocenters. The lowest BCUT2D eigenvalue weighted by molar-refractivity contribution is -0.00536. The van der Waals surface area contributed by atoms with Crippen LogP contribution in [-0.4, -0.2) is 35.3 Å². The van der Waals surface area contributed by atoms with Gasteiger partial charge in [0.05, 0.1) is 22.7 Å². The van der Waals surface area contributed by atoms with Gasteiger partial charge in [-0.3, -0.25) is 0 Å².